The number of carbonyl (C=O) groups excluding carboxylic acids is 1. The Morgan fingerprint density at radius 3 is 2.70 bits per heavy atom. The van der Waals surface area contributed by atoms with Crippen molar-refractivity contribution in [1.29, 1.82) is 10.5 Å². The number of aromatic nitrogens is 1. The van der Waals surface area contributed by atoms with Crippen LogP contribution in [-0.2, 0) is 4.79 Å². The average molecular weight is 442 g/mol. The van der Waals surface area contributed by atoms with Crippen LogP contribution in [-0.4, -0.2) is 16.6 Å². The number of anilines is 2. The summed E-state index contributed by atoms with van der Waals surface area (Å²) in [6.45, 7) is 0. The Hall–Kier alpha value is -3.53. The largest absolute Gasteiger partial charge is 0.464 e. The first-order valence-electron chi connectivity index (χ1n) is 8.49. The van der Waals surface area contributed by atoms with Gasteiger partial charge in [0, 0.05) is 17.9 Å². The molecule has 0 atom stereocenters. The summed E-state index contributed by atoms with van der Waals surface area (Å²) in [5.41, 5.74) is 6.74. The number of furan rings is 1. The minimum atomic E-state index is -0.578. The quantitative estimate of drug-likeness (QED) is 0.535. The number of amides is 1. The summed E-state index contributed by atoms with van der Waals surface area (Å²) in [6.07, 6.45) is 1.51. The number of nitrogens with two attached hydrogens (primary N) is 1. The standard InChI is InChI=1S/C20H13ClFN5O2S/c21-14-8-11(3-4-15(14)22)26-17(28)5-7-30-20-13(10-24)18(16-2-1-6-29-16)12(9-23)19(25)27-20/h1-4,6,8H,5,7H2,(H2,25,27)(H,26,28). The number of nitriles is 2. The number of pyridine rings is 1. The number of nitrogen functional groups attached to an aromatic ring is 1. The van der Waals surface area contributed by atoms with Gasteiger partial charge in [-0.1, -0.05) is 11.6 Å². The lowest BCUT2D eigenvalue weighted by Gasteiger charge is -2.11. The predicted octanol–water partition coefficient (Wildman–Crippen LogP) is 4.58. The van der Waals surface area contributed by atoms with Crippen LogP contribution in [0, 0.1) is 28.5 Å². The van der Waals surface area contributed by atoms with Crippen LogP contribution >= 0.6 is 23.4 Å². The third-order valence-electron chi connectivity index (χ3n) is 3.95. The molecule has 3 aromatic rings. The van der Waals surface area contributed by atoms with Gasteiger partial charge in [0.2, 0.25) is 5.91 Å². The first-order valence-corrected chi connectivity index (χ1v) is 9.86. The van der Waals surface area contributed by atoms with E-state index >= 15 is 0 Å². The molecule has 0 radical (unpaired) electrons. The van der Waals surface area contributed by atoms with Crippen LogP contribution in [0.2, 0.25) is 5.02 Å². The van der Waals surface area contributed by atoms with Crippen LogP contribution in [0.3, 0.4) is 0 Å². The van der Waals surface area contributed by atoms with E-state index in [0.717, 1.165) is 17.8 Å². The van der Waals surface area contributed by atoms with Crippen molar-refractivity contribution in [2.75, 3.05) is 16.8 Å². The lowest BCUT2D eigenvalue weighted by atomic mass is 10.0. The second-order valence-corrected chi connectivity index (χ2v) is 7.39. The zero-order chi connectivity index (χ0) is 21.7. The maximum atomic E-state index is 13.2. The molecule has 30 heavy (non-hydrogen) atoms. The molecule has 0 aliphatic rings. The molecule has 0 fully saturated rings. The molecule has 10 heteroatoms. The molecule has 0 saturated carbocycles. The van der Waals surface area contributed by atoms with Crippen molar-refractivity contribution in [2.24, 2.45) is 0 Å². The SMILES string of the molecule is N#Cc1c(N)nc(SCCC(=O)Nc2ccc(F)c(Cl)c2)c(C#N)c1-c1ccco1. The molecule has 2 heterocycles. The van der Waals surface area contributed by atoms with E-state index in [2.05, 4.69) is 10.3 Å². The normalized spacial score (nSPS) is 10.3. The van der Waals surface area contributed by atoms with Gasteiger partial charge in [0.1, 0.15) is 40.1 Å². The molecule has 0 aliphatic heterocycles. The first-order chi connectivity index (χ1) is 14.4. The fourth-order valence-corrected chi connectivity index (χ4v) is 3.72. The number of benzene rings is 1. The Morgan fingerprint density at radius 1 is 1.30 bits per heavy atom. The number of thioether (sulfide) groups is 1. The van der Waals surface area contributed by atoms with E-state index in [1.54, 1.807) is 12.1 Å². The topological polar surface area (TPSA) is 129 Å². The van der Waals surface area contributed by atoms with Crippen LogP contribution < -0.4 is 11.1 Å². The van der Waals surface area contributed by atoms with E-state index in [1.807, 2.05) is 12.1 Å². The van der Waals surface area contributed by atoms with Gasteiger partial charge in [-0.25, -0.2) is 9.37 Å². The minimum absolute atomic E-state index is 0.0317. The Kier molecular flexibility index (Phi) is 6.58. The second-order valence-electron chi connectivity index (χ2n) is 5.90. The van der Waals surface area contributed by atoms with Crippen LogP contribution in [0.4, 0.5) is 15.9 Å². The van der Waals surface area contributed by atoms with E-state index in [1.165, 1.54) is 18.4 Å². The number of halogens is 2. The van der Waals surface area contributed by atoms with Crippen LogP contribution in [0.25, 0.3) is 11.3 Å². The maximum Gasteiger partial charge on any atom is 0.225 e. The molecule has 7 nitrogen and oxygen atoms in total. The van der Waals surface area contributed by atoms with Gasteiger partial charge in [-0.05, 0) is 30.3 Å². The van der Waals surface area contributed by atoms with Crippen molar-refractivity contribution in [3.63, 3.8) is 0 Å². The van der Waals surface area contributed by atoms with Gasteiger partial charge in [0.15, 0.2) is 0 Å². The van der Waals surface area contributed by atoms with Crippen LogP contribution in [0.5, 0.6) is 0 Å². The highest BCUT2D eigenvalue weighted by molar-refractivity contribution is 7.99. The number of nitrogens with one attached hydrogen (secondary N) is 1. The zero-order valence-electron chi connectivity index (χ0n) is 15.3. The number of carbonyl (C=O) groups is 1. The highest BCUT2D eigenvalue weighted by Crippen LogP contribution is 2.36. The van der Waals surface area contributed by atoms with Gasteiger partial charge in [0.25, 0.3) is 0 Å². The van der Waals surface area contributed by atoms with Crippen molar-refractivity contribution < 1.29 is 13.6 Å². The van der Waals surface area contributed by atoms with Gasteiger partial charge >= 0.3 is 0 Å². The lowest BCUT2D eigenvalue weighted by Crippen LogP contribution is -2.12. The second kappa shape index (κ2) is 9.31. The Balaban J connectivity index is 1.75. The number of hydrogen-bond donors (Lipinski definition) is 2. The summed E-state index contributed by atoms with van der Waals surface area (Å²) in [4.78, 5) is 16.3. The fourth-order valence-electron chi connectivity index (χ4n) is 2.61. The molecule has 150 valence electrons. The molecule has 0 spiro atoms. The Morgan fingerprint density at radius 2 is 2.07 bits per heavy atom. The highest BCUT2D eigenvalue weighted by Gasteiger charge is 2.22. The molecule has 0 saturated heterocycles. The van der Waals surface area contributed by atoms with Crippen molar-refractivity contribution in [1.82, 2.24) is 4.98 Å². The van der Waals surface area contributed by atoms with E-state index in [9.17, 15) is 19.7 Å². The molecular weight excluding hydrogens is 429 g/mol. The summed E-state index contributed by atoms with van der Waals surface area (Å²) in [6, 6.07) is 11.1. The van der Waals surface area contributed by atoms with Crippen molar-refractivity contribution in [3.05, 3.63) is 58.6 Å². The van der Waals surface area contributed by atoms with Crippen molar-refractivity contribution >= 4 is 40.8 Å². The summed E-state index contributed by atoms with van der Waals surface area (Å²) in [5, 5.41) is 21.9. The first kappa shape index (κ1) is 21.2. The minimum Gasteiger partial charge on any atom is -0.464 e. The highest BCUT2D eigenvalue weighted by atomic mass is 35.5. The van der Waals surface area contributed by atoms with Gasteiger partial charge in [-0.15, -0.1) is 11.8 Å². The molecule has 0 aliphatic carbocycles. The number of hydrogen-bond acceptors (Lipinski definition) is 7. The molecule has 0 bridgehead atoms. The van der Waals surface area contributed by atoms with E-state index in [0.29, 0.717) is 11.4 Å². The van der Waals surface area contributed by atoms with Crippen LogP contribution in [0.1, 0.15) is 17.5 Å². The molecule has 2 aromatic heterocycles. The molecule has 1 amide bonds. The molecule has 1 aromatic carbocycles. The average Bonchev–Trinajstić information content (AvgIpc) is 3.24. The number of nitrogens with zero attached hydrogens (tertiary/aromatic N) is 3. The molecule has 0 unspecified atom stereocenters. The summed E-state index contributed by atoms with van der Waals surface area (Å²) < 4.78 is 18.5. The van der Waals surface area contributed by atoms with E-state index in [-0.39, 0.29) is 50.6 Å². The van der Waals surface area contributed by atoms with Crippen molar-refractivity contribution in [2.45, 2.75) is 11.4 Å². The summed E-state index contributed by atoms with van der Waals surface area (Å²) in [7, 11) is 0. The van der Waals surface area contributed by atoms with Gasteiger partial charge in [-0.3, -0.25) is 4.79 Å². The summed E-state index contributed by atoms with van der Waals surface area (Å²) >= 11 is 6.85. The number of rotatable bonds is 6. The zero-order valence-corrected chi connectivity index (χ0v) is 16.9. The fraction of sp³-hybridized carbons (Fsp3) is 0.100. The van der Waals surface area contributed by atoms with Crippen LogP contribution in [0.15, 0.2) is 46.0 Å². The van der Waals surface area contributed by atoms with E-state index in [4.69, 9.17) is 21.8 Å². The molecule has 3 N–H and O–H groups in total. The third kappa shape index (κ3) is 4.54. The van der Waals surface area contributed by atoms with Gasteiger partial charge in [-0.2, -0.15) is 10.5 Å². The monoisotopic (exact) mass is 441 g/mol. The smallest absolute Gasteiger partial charge is 0.225 e. The predicted molar refractivity (Wildman–Crippen MR) is 111 cm³/mol. The van der Waals surface area contributed by atoms with E-state index < -0.39 is 5.82 Å². The van der Waals surface area contributed by atoms with Gasteiger partial charge < -0.3 is 15.5 Å². The van der Waals surface area contributed by atoms with Gasteiger partial charge in [0.05, 0.1) is 22.4 Å². The lowest BCUT2D eigenvalue weighted by molar-refractivity contribution is -0.115. The van der Waals surface area contributed by atoms with Crippen molar-refractivity contribution in [3.8, 4) is 23.5 Å². The third-order valence-corrected chi connectivity index (χ3v) is 5.22. The molecular formula is C20H13ClFN5O2S. The summed E-state index contributed by atoms with van der Waals surface area (Å²) in [5.74, 6) is -0.325. The maximum absolute atomic E-state index is 13.2. The Labute approximate surface area is 180 Å². The Bertz CT molecular complexity index is 1190. The molecule has 3 rings (SSSR count).